The van der Waals surface area contributed by atoms with Crippen LogP contribution in [0.3, 0.4) is 0 Å². The van der Waals surface area contributed by atoms with Gasteiger partial charge in [-0.05, 0) is 109 Å². The first-order chi connectivity index (χ1) is 49.0. The Labute approximate surface area is 619 Å². The minimum absolute atomic E-state index is 0.0321. The summed E-state index contributed by atoms with van der Waals surface area (Å²) in [5.74, 6) is -0.818. The Morgan fingerprint density at radius 3 is 0.850 bits per heavy atom. The Kier molecular flexibility index (Phi) is 76.7. The molecule has 0 saturated heterocycles. The largest absolute Gasteiger partial charge is 0.756 e. The summed E-state index contributed by atoms with van der Waals surface area (Å²) in [5.41, 5.74) is 0. The number of hydrogen-bond donors (Lipinski definition) is 0. The van der Waals surface area contributed by atoms with Crippen LogP contribution in [0.1, 0.15) is 386 Å². The summed E-state index contributed by atoms with van der Waals surface area (Å²) in [7, 11) is 1.18. The van der Waals surface area contributed by atoms with Crippen LogP contribution in [0.15, 0.2) is 122 Å². The van der Waals surface area contributed by atoms with E-state index in [1.165, 1.54) is 257 Å². The zero-order chi connectivity index (χ0) is 72.5. The minimum Gasteiger partial charge on any atom is -0.756 e. The summed E-state index contributed by atoms with van der Waals surface area (Å²) in [5, 5.41) is 0. The molecule has 0 aromatic carbocycles. The van der Waals surface area contributed by atoms with Gasteiger partial charge in [0.05, 0.1) is 27.7 Å². The Hall–Kier alpha value is -3.59. The number of quaternary nitrogens is 1. The first-order valence-electron chi connectivity index (χ1n) is 42.2. The molecule has 0 saturated carbocycles. The van der Waals surface area contributed by atoms with Crippen LogP contribution in [0.5, 0.6) is 0 Å². The zero-order valence-electron chi connectivity index (χ0n) is 66.1. The highest BCUT2D eigenvalue weighted by Gasteiger charge is 2.22. The van der Waals surface area contributed by atoms with Gasteiger partial charge < -0.3 is 27.9 Å². The maximum Gasteiger partial charge on any atom is 0.306 e. The Balaban J connectivity index is 3.93. The molecule has 578 valence electrons. The van der Waals surface area contributed by atoms with Crippen molar-refractivity contribution in [3.8, 4) is 0 Å². The smallest absolute Gasteiger partial charge is 0.306 e. The van der Waals surface area contributed by atoms with Gasteiger partial charge in [0.15, 0.2) is 6.10 Å². The maximum atomic E-state index is 12.9. The molecular formula is C90H160NO8P. The number of phosphoric ester groups is 1. The number of likely N-dealkylation sites (N-methyl/N-ethyl adjacent to an activating group) is 1. The van der Waals surface area contributed by atoms with Crippen LogP contribution in [0.2, 0.25) is 0 Å². The van der Waals surface area contributed by atoms with Gasteiger partial charge in [-0.2, -0.15) is 0 Å². The maximum absolute atomic E-state index is 12.9. The molecule has 0 fully saturated rings. The number of esters is 2. The SMILES string of the molecule is CC/C=C\C/C=C\C/C=C\C/C=C\C/C=C\C/C=C\C/C=C\CCCCCCCCCCCCCCCCCCCC(=O)OC(COC(=O)CCCCCCCCCCCCCCCCCCCCCCCC/C=C\C/C=C\C/C=C\CCCCCCC)COP(=O)([O-])OCC[N+](C)(C)C. The summed E-state index contributed by atoms with van der Waals surface area (Å²) >= 11 is 0. The second-order valence-corrected chi connectivity index (χ2v) is 30.9. The lowest BCUT2D eigenvalue weighted by Gasteiger charge is -2.28. The van der Waals surface area contributed by atoms with Gasteiger partial charge in [0.25, 0.3) is 7.82 Å². The van der Waals surface area contributed by atoms with E-state index in [0.717, 1.165) is 96.3 Å². The van der Waals surface area contributed by atoms with E-state index in [4.69, 9.17) is 18.5 Å². The highest BCUT2D eigenvalue weighted by Crippen LogP contribution is 2.38. The number of ether oxygens (including phenoxy) is 2. The lowest BCUT2D eigenvalue weighted by molar-refractivity contribution is -0.870. The number of phosphoric acid groups is 1. The second-order valence-electron chi connectivity index (χ2n) is 29.5. The quantitative estimate of drug-likeness (QED) is 0.0195. The molecule has 0 aliphatic rings. The lowest BCUT2D eigenvalue weighted by Crippen LogP contribution is -2.37. The molecule has 2 atom stereocenters. The fraction of sp³-hybridized carbons (Fsp3) is 0.756. The molecule has 0 radical (unpaired) electrons. The van der Waals surface area contributed by atoms with Crippen LogP contribution in [0.25, 0.3) is 0 Å². The molecule has 0 heterocycles. The Bertz CT molecular complexity index is 2110. The van der Waals surface area contributed by atoms with Gasteiger partial charge >= 0.3 is 11.9 Å². The number of hydrogen-bond acceptors (Lipinski definition) is 8. The van der Waals surface area contributed by atoms with Crippen molar-refractivity contribution in [2.75, 3.05) is 47.5 Å². The molecule has 0 N–H and O–H groups in total. The van der Waals surface area contributed by atoms with Gasteiger partial charge in [-0.25, -0.2) is 0 Å². The summed E-state index contributed by atoms with van der Waals surface area (Å²) < 4.78 is 34.5. The molecular weight excluding hydrogens is 1250 g/mol. The van der Waals surface area contributed by atoms with Gasteiger partial charge in [-0.15, -0.1) is 0 Å². The van der Waals surface area contributed by atoms with Crippen molar-refractivity contribution in [2.45, 2.75) is 392 Å². The molecule has 0 aliphatic heterocycles. The average molecular weight is 1420 g/mol. The molecule has 2 unspecified atom stereocenters. The van der Waals surface area contributed by atoms with Crippen molar-refractivity contribution < 1.29 is 42.1 Å². The number of carbonyl (C=O) groups excluding carboxylic acids is 2. The molecule has 0 rings (SSSR count). The number of unbranched alkanes of at least 4 members (excludes halogenated alkanes) is 44. The van der Waals surface area contributed by atoms with Crippen LogP contribution in [-0.4, -0.2) is 70.0 Å². The predicted molar refractivity (Wildman–Crippen MR) is 434 cm³/mol. The van der Waals surface area contributed by atoms with Crippen molar-refractivity contribution in [1.29, 1.82) is 0 Å². The molecule has 10 heteroatoms. The molecule has 0 aromatic heterocycles. The molecule has 100 heavy (non-hydrogen) atoms. The number of allylic oxidation sites excluding steroid dienone is 20. The van der Waals surface area contributed by atoms with E-state index >= 15 is 0 Å². The fourth-order valence-electron chi connectivity index (χ4n) is 12.1. The van der Waals surface area contributed by atoms with E-state index in [1.807, 2.05) is 21.1 Å². The summed E-state index contributed by atoms with van der Waals surface area (Å²) in [6.45, 7) is 4.16. The van der Waals surface area contributed by atoms with E-state index in [1.54, 1.807) is 0 Å². The molecule has 0 bridgehead atoms. The van der Waals surface area contributed by atoms with Crippen molar-refractivity contribution in [3.63, 3.8) is 0 Å². The minimum atomic E-state index is -4.65. The zero-order valence-corrected chi connectivity index (χ0v) is 67.0. The van der Waals surface area contributed by atoms with Crippen molar-refractivity contribution >= 4 is 19.8 Å². The molecule has 0 aromatic rings. The Morgan fingerprint density at radius 1 is 0.320 bits per heavy atom. The fourth-order valence-corrected chi connectivity index (χ4v) is 12.8. The summed E-state index contributed by atoms with van der Waals surface area (Å²) in [6.07, 6.45) is 115. The molecule has 0 spiro atoms. The van der Waals surface area contributed by atoms with Crippen molar-refractivity contribution in [2.24, 2.45) is 0 Å². The first kappa shape index (κ1) is 96.4. The van der Waals surface area contributed by atoms with E-state index in [0.29, 0.717) is 17.4 Å². The van der Waals surface area contributed by atoms with Crippen molar-refractivity contribution in [1.82, 2.24) is 0 Å². The lowest BCUT2D eigenvalue weighted by atomic mass is 10.0. The number of nitrogens with zero attached hydrogens (tertiary/aromatic N) is 1. The van der Waals surface area contributed by atoms with Crippen LogP contribution >= 0.6 is 7.82 Å². The average Bonchev–Trinajstić information content (AvgIpc) is 1.07. The predicted octanol–water partition coefficient (Wildman–Crippen LogP) is 27.9. The standard InChI is InChI=1S/C90H160NO8P/c1-6-8-10-12-14-16-18-20-22-24-26-28-30-32-34-36-38-40-42-44-45-47-49-51-53-55-57-59-61-63-65-67-69-71-73-75-77-79-81-83-90(93)99-88(87-98-100(94,95)97-85-84-91(3,4)5)86-96-89(92)82-80-78-76-74-72-70-68-66-64-62-60-58-56-54-52-50-48-46-43-41-39-37-35-33-31-29-27-25-23-21-19-17-15-13-11-9-7-2/h8,10,14,16,19-22,25-28,31-34,38,40,44-45,88H,6-7,9,11-13,15,17-18,23-24,29-30,35-37,39,41-43,46-87H2,1-5H3/b10-8-,16-14-,21-19-,22-20-,27-25-,28-26-,33-31-,34-32-,40-38-,45-44-. The first-order valence-corrected chi connectivity index (χ1v) is 43.7. The third-order valence-electron chi connectivity index (χ3n) is 18.5. The van der Waals surface area contributed by atoms with E-state index in [2.05, 4.69) is 135 Å². The van der Waals surface area contributed by atoms with Crippen LogP contribution < -0.4 is 4.89 Å². The van der Waals surface area contributed by atoms with Crippen molar-refractivity contribution in [3.05, 3.63) is 122 Å². The molecule has 0 amide bonds. The van der Waals surface area contributed by atoms with Crippen LogP contribution in [0.4, 0.5) is 0 Å². The van der Waals surface area contributed by atoms with Gasteiger partial charge in [-0.3, -0.25) is 14.2 Å². The highest BCUT2D eigenvalue weighted by atomic mass is 31.2. The monoisotopic (exact) mass is 1410 g/mol. The number of rotatable bonds is 78. The summed E-state index contributed by atoms with van der Waals surface area (Å²) in [4.78, 5) is 38.2. The van der Waals surface area contributed by atoms with Crippen LogP contribution in [-0.2, 0) is 32.7 Å². The molecule has 9 nitrogen and oxygen atoms in total. The van der Waals surface area contributed by atoms with Gasteiger partial charge in [0.1, 0.15) is 19.8 Å². The van der Waals surface area contributed by atoms with Gasteiger partial charge in [-0.1, -0.05) is 386 Å². The van der Waals surface area contributed by atoms with E-state index < -0.39 is 26.5 Å². The van der Waals surface area contributed by atoms with Crippen LogP contribution in [0, 0.1) is 0 Å². The number of carbonyl (C=O) groups is 2. The van der Waals surface area contributed by atoms with E-state index in [9.17, 15) is 19.0 Å². The Morgan fingerprint density at radius 2 is 0.570 bits per heavy atom. The van der Waals surface area contributed by atoms with E-state index in [-0.39, 0.29) is 32.0 Å². The van der Waals surface area contributed by atoms with Gasteiger partial charge in [0.2, 0.25) is 0 Å². The third kappa shape index (κ3) is 83.4. The van der Waals surface area contributed by atoms with Gasteiger partial charge in [0, 0.05) is 12.8 Å². The topological polar surface area (TPSA) is 111 Å². The molecule has 0 aliphatic carbocycles. The highest BCUT2D eigenvalue weighted by molar-refractivity contribution is 7.45. The third-order valence-corrected chi connectivity index (χ3v) is 19.4. The second kappa shape index (κ2) is 79.5. The normalized spacial score (nSPS) is 13.6. The summed E-state index contributed by atoms with van der Waals surface area (Å²) in [6, 6.07) is 0.